The Labute approximate surface area is 206 Å². The maximum absolute atomic E-state index is 12.3. The Balaban J connectivity index is 0.000000489. The van der Waals surface area contributed by atoms with Gasteiger partial charge in [0.2, 0.25) is 0 Å². The molecule has 0 heterocycles. The number of anilines is 1. The van der Waals surface area contributed by atoms with Gasteiger partial charge in [0, 0.05) is 11.3 Å². The van der Waals surface area contributed by atoms with Crippen molar-refractivity contribution in [1.82, 2.24) is 0 Å². The van der Waals surface area contributed by atoms with Crippen LogP contribution in [0.25, 0.3) is 0 Å². The minimum atomic E-state index is -0.690. The Morgan fingerprint density at radius 1 is 0.939 bits per heavy atom. The van der Waals surface area contributed by atoms with Crippen LogP contribution in [0.15, 0.2) is 60.7 Å². The van der Waals surface area contributed by atoms with E-state index in [2.05, 4.69) is 45.0 Å². The van der Waals surface area contributed by atoms with Crippen molar-refractivity contribution in [1.29, 1.82) is 0 Å². The Kier molecular flexibility index (Phi) is 9.79. The van der Waals surface area contributed by atoms with Crippen molar-refractivity contribution in [2.75, 3.05) is 5.73 Å². The van der Waals surface area contributed by atoms with Crippen molar-refractivity contribution in [3.63, 3.8) is 0 Å². The maximum atomic E-state index is 12.3. The molecule has 3 heteroatoms. The molecule has 3 aromatic carbocycles. The van der Waals surface area contributed by atoms with Gasteiger partial charge in [0.1, 0.15) is 0 Å². The van der Waals surface area contributed by atoms with E-state index in [9.17, 15) is 4.79 Å². The van der Waals surface area contributed by atoms with Crippen molar-refractivity contribution in [3.05, 3.63) is 99.6 Å². The zero-order chi connectivity index (χ0) is 24.6. The Hall–Kier alpha value is -2.52. The molecule has 0 fully saturated rings. The number of nitrogen functional groups attached to an aromatic ring is 1. The van der Waals surface area contributed by atoms with Crippen LogP contribution >= 0.6 is 12.6 Å². The van der Waals surface area contributed by atoms with Crippen LogP contribution in [0.5, 0.6) is 0 Å². The van der Waals surface area contributed by atoms with Gasteiger partial charge in [0.15, 0.2) is 5.78 Å². The quantitative estimate of drug-likeness (QED) is 0.234. The summed E-state index contributed by atoms with van der Waals surface area (Å²) in [6.45, 7) is 12.2. The van der Waals surface area contributed by atoms with Crippen molar-refractivity contribution in [3.8, 4) is 0 Å². The van der Waals surface area contributed by atoms with Crippen LogP contribution < -0.4 is 5.73 Å². The van der Waals surface area contributed by atoms with Crippen LogP contribution in [-0.2, 0) is 11.2 Å². The molecule has 2 nitrogen and oxygen atoms in total. The van der Waals surface area contributed by atoms with Crippen LogP contribution in [0.2, 0.25) is 0 Å². The normalized spacial score (nSPS) is 15.7. The average molecular weight is 462 g/mol. The molecular formula is C30H39NOS. The molecule has 1 aliphatic carbocycles. The van der Waals surface area contributed by atoms with Gasteiger partial charge in [-0.25, -0.2) is 0 Å². The molecule has 0 spiro atoms. The van der Waals surface area contributed by atoms with Crippen LogP contribution in [-0.4, -0.2) is 5.78 Å². The van der Waals surface area contributed by atoms with Crippen molar-refractivity contribution < 1.29 is 4.79 Å². The molecule has 0 saturated heterocycles. The second-order valence-corrected chi connectivity index (χ2v) is 9.03. The molecule has 0 bridgehead atoms. The molecule has 1 atom stereocenters. The number of ketones is 1. The highest BCUT2D eigenvalue weighted by molar-refractivity contribution is 7.81. The van der Waals surface area contributed by atoms with Crippen LogP contribution in [0.1, 0.15) is 97.6 Å². The highest BCUT2D eigenvalue weighted by atomic mass is 32.1. The van der Waals surface area contributed by atoms with E-state index in [1.165, 1.54) is 36.0 Å². The third kappa shape index (κ3) is 5.52. The molecule has 0 amide bonds. The van der Waals surface area contributed by atoms with Gasteiger partial charge in [-0.2, -0.15) is 12.6 Å². The lowest BCUT2D eigenvalue weighted by Gasteiger charge is -2.39. The van der Waals surface area contributed by atoms with Crippen LogP contribution in [0, 0.1) is 6.92 Å². The predicted molar refractivity (Wildman–Crippen MR) is 147 cm³/mol. The largest absolute Gasteiger partial charge is 0.399 e. The van der Waals surface area contributed by atoms with E-state index in [-0.39, 0.29) is 5.78 Å². The predicted octanol–water partition coefficient (Wildman–Crippen LogP) is 8.13. The Bertz CT molecular complexity index is 1090. The van der Waals surface area contributed by atoms with Gasteiger partial charge in [-0.05, 0) is 65.8 Å². The van der Waals surface area contributed by atoms with Gasteiger partial charge in [-0.15, -0.1) is 0 Å². The van der Waals surface area contributed by atoms with Gasteiger partial charge in [0.25, 0.3) is 0 Å². The molecule has 3 aromatic rings. The molecule has 2 N–H and O–H groups in total. The molecule has 33 heavy (non-hydrogen) atoms. The van der Waals surface area contributed by atoms with Crippen LogP contribution in [0.4, 0.5) is 5.69 Å². The fourth-order valence-electron chi connectivity index (χ4n) is 4.47. The van der Waals surface area contributed by atoms with Gasteiger partial charge < -0.3 is 5.73 Å². The number of carbonyl (C=O) groups is 1. The van der Waals surface area contributed by atoms with Crippen molar-refractivity contribution in [2.24, 2.45) is 0 Å². The van der Waals surface area contributed by atoms with E-state index in [1.807, 2.05) is 50.2 Å². The van der Waals surface area contributed by atoms with Gasteiger partial charge in [0.05, 0.1) is 4.75 Å². The molecule has 176 valence electrons. The lowest BCUT2D eigenvalue weighted by Crippen LogP contribution is -2.31. The summed E-state index contributed by atoms with van der Waals surface area (Å²) in [5, 5.41) is 0. The first-order valence-electron chi connectivity index (χ1n) is 12.1. The smallest absolute Gasteiger partial charge is 0.160 e. The standard InChI is InChI=1S/C23H21NOS.C5H12.C2H6/c1-14-6-5-9-22-19(14)13-16-12-17(24)10-11-20(16)23(22,26)21-8-4-3-7-18(21)15(2)25;1-3-5-4-2;1-2/h3-12,26H,13,24H2,1-2H3;3-5H2,1-2H3;1-2H3. The fourth-order valence-corrected chi connectivity index (χ4v) is 5.10. The number of nitrogens with two attached hydrogens (primary N) is 1. The molecule has 1 aliphatic rings. The van der Waals surface area contributed by atoms with Crippen molar-refractivity contribution in [2.45, 2.75) is 72.0 Å². The molecule has 0 aromatic heterocycles. The fraction of sp³-hybridized carbons (Fsp3) is 0.367. The molecule has 1 unspecified atom stereocenters. The first-order valence-corrected chi connectivity index (χ1v) is 12.6. The van der Waals surface area contributed by atoms with Crippen LogP contribution in [0.3, 0.4) is 0 Å². The number of fused-ring (bicyclic) bond motifs is 2. The summed E-state index contributed by atoms with van der Waals surface area (Å²) < 4.78 is -0.690. The van der Waals surface area contributed by atoms with Gasteiger partial charge >= 0.3 is 0 Å². The lowest BCUT2D eigenvalue weighted by molar-refractivity contribution is 0.101. The second-order valence-electron chi connectivity index (χ2n) is 8.36. The van der Waals surface area contributed by atoms with Gasteiger partial charge in [-0.3, -0.25) is 4.79 Å². The lowest BCUT2D eigenvalue weighted by atomic mass is 9.71. The summed E-state index contributed by atoms with van der Waals surface area (Å²) in [4.78, 5) is 12.3. The Morgan fingerprint density at radius 2 is 1.58 bits per heavy atom. The number of hydrogen-bond acceptors (Lipinski definition) is 3. The van der Waals surface area contributed by atoms with Gasteiger partial charge in [-0.1, -0.05) is 95.5 Å². The summed E-state index contributed by atoms with van der Waals surface area (Å²) in [6.07, 6.45) is 4.90. The number of rotatable bonds is 4. The van der Waals surface area contributed by atoms with E-state index in [1.54, 1.807) is 6.92 Å². The minimum Gasteiger partial charge on any atom is -0.399 e. The topological polar surface area (TPSA) is 43.1 Å². The third-order valence-corrected chi connectivity index (χ3v) is 6.81. The van der Waals surface area contributed by atoms with E-state index >= 15 is 0 Å². The number of thiol groups is 1. The number of unbranched alkanes of at least 4 members (excludes halogenated alkanes) is 2. The Morgan fingerprint density at radius 3 is 2.18 bits per heavy atom. The molecule has 0 radical (unpaired) electrons. The molecule has 0 saturated carbocycles. The number of carbonyl (C=O) groups excluding carboxylic acids is 1. The number of Topliss-reactive ketones (excluding diaryl/α,β-unsaturated/α-hetero) is 1. The zero-order valence-electron chi connectivity index (χ0n) is 21.0. The number of benzene rings is 3. The first kappa shape index (κ1) is 26.7. The van der Waals surface area contributed by atoms with E-state index in [4.69, 9.17) is 18.4 Å². The SMILES string of the molecule is CC.CC(=O)c1ccccc1C1(S)c2ccc(N)cc2Cc2c(C)cccc21.CCCCC. The second kappa shape index (κ2) is 12.1. The minimum absolute atomic E-state index is 0.0470. The third-order valence-electron chi connectivity index (χ3n) is 6.09. The molecule has 0 aliphatic heterocycles. The summed E-state index contributed by atoms with van der Waals surface area (Å²) >= 11 is 5.25. The summed E-state index contributed by atoms with van der Waals surface area (Å²) in [5.41, 5.74) is 14.3. The summed E-state index contributed by atoms with van der Waals surface area (Å²) in [5.74, 6) is 0.0470. The summed E-state index contributed by atoms with van der Waals surface area (Å²) in [6, 6.07) is 20.1. The monoisotopic (exact) mass is 461 g/mol. The van der Waals surface area contributed by atoms with Crippen molar-refractivity contribution >= 4 is 24.1 Å². The first-order chi connectivity index (χ1) is 15.8. The van der Waals surface area contributed by atoms with E-state index in [0.29, 0.717) is 5.56 Å². The maximum Gasteiger partial charge on any atom is 0.160 e. The highest BCUT2D eigenvalue weighted by Crippen LogP contribution is 2.50. The van der Waals surface area contributed by atoms with E-state index in [0.717, 1.165) is 28.8 Å². The molecule has 4 rings (SSSR count). The zero-order valence-corrected chi connectivity index (χ0v) is 21.9. The van der Waals surface area contributed by atoms with E-state index < -0.39 is 4.75 Å². The molecular weight excluding hydrogens is 422 g/mol. The summed E-state index contributed by atoms with van der Waals surface area (Å²) in [7, 11) is 0. The highest BCUT2D eigenvalue weighted by Gasteiger charge is 2.41. The average Bonchev–Trinajstić information content (AvgIpc) is 2.82. The number of hydrogen-bond donors (Lipinski definition) is 2. The number of aryl methyl sites for hydroxylation is 1.